The van der Waals surface area contributed by atoms with Crippen LogP contribution in [-0.2, 0) is 6.42 Å². The van der Waals surface area contributed by atoms with Crippen molar-refractivity contribution in [1.82, 2.24) is 9.13 Å². The molecule has 7 aromatic carbocycles. The third kappa shape index (κ3) is 5.09. The van der Waals surface area contributed by atoms with Crippen LogP contribution in [0.25, 0.3) is 67.0 Å². The molecule has 0 fully saturated rings. The third-order valence-electron chi connectivity index (χ3n) is 11.7. The van der Waals surface area contributed by atoms with Gasteiger partial charge in [0.2, 0.25) is 0 Å². The van der Waals surface area contributed by atoms with Gasteiger partial charge >= 0.3 is 0 Å². The Hall–Kier alpha value is -7.50. The van der Waals surface area contributed by atoms with Crippen LogP contribution in [0, 0.1) is 5.41 Å². The van der Waals surface area contributed by atoms with E-state index in [1.54, 1.807) is 0 Å². The fraction of sp³-hybridized carbons (Fsp3) is 0.0385. The topological polar surface area (TPSA) is 49.3 Å². The molecule has 1 aliphatic carbocycles. The van der Waals surface area contributed by atoms with E-state index in [-0.39, 0.29) is 0 Å². The number of hydrogen-bond donors (Lipinski definition) is 1. The lowest BCUT2D eigenvalue weighted by Gasteiger charge is -2.24. The lowest BCUT2D eigenvalue weighted by atomic mass is 9.91. The summed E-state index contributed by atoms with van der Waals surface area (Å²) in [6, 6.07) is 62.0. The zero-order valence-electron chi connectivity index (χ0n) is 31.2. The molecule has 3 heterocycles. The van der Waals surface area contributed by atoms with Gasteiger partial charge in [0.1, 0.15) is 5.70 Å². The van der Waals surface area contributed by atoms with Crippen LogP contribution >= 0.6 is 0 Å². The van der Waals surface area contributed by atoms with Crippen molar-refractivity contribution in [3.63, 3.8) is 0 Å². The van der Waals surface area contributed by atoms with Gasteiger partial charge in [-0.15, -0.1) is 0 Å². The molecule has 0 atom stereocenters. The summed E-state index contributed by atoms with van der Waals surface area (Å²) in [5, 5.41) is 13.6. The monoisotopic (exact) mass is 731 g/mol. The first kappa shape index (κ1) is 32.9. The van der Waals surface area contributed by atoms with Crippen LogP contribution in [0.15, 0.2) is 187 Å². The van der Waals surface area contributed by atoms with Crippen LogP contribution in [0.2, 0.25) is 0 Å². The second kappa shape index (κ2) is 13.1. The summed E-state index contributed by atoms with van der Waals surface area (Å²) in [5.74, 6) is 0.658. The molecule has 2 aromatic heterocycles. The highest BCUT2D eigenvalue weighted by Gasteiger charge is 2.36. The first-order valence-corrected chi connectivity index (χ1v) is 19.4. The average Bonchev–Trinajstić information content (AvgIpc) is 3.89. The molecule has 1 aliphatic heterocycles. The zero-order chi connectivity index (χ0) is 38.0. The van der Waals surface area contributed by atoms with Crippen LogP contribution in [0.5, 0.6) is 0 Å². The molecule has 11 rings (SSSR count). The van der Waals surface area contributed by atoms with E-state index in [2.05, 4.69) is 185 Å². The summed E-state index contributed by atoms with van der Waals surface area (Å²) < 4.78 is 4.60. The Bertz CT molecular complexity index is 3150. The van der Waals surface area contributed by atoms with Crippen molar-refractivity contribution < 1.29 is 0 Å². The van der Waals surface area contributed by atoms with Gasteiger partial charge in [-0.1, -0.05) is 115 Å². The predicted molar refractivity (Wildman–Crippen MR) is 239 cm³/mol. The first-order valence-electron chi connectivity index (χ1n) is 19.4. The van der Waals surface area contributed by atoms with E-state index in [0.717, 1.165) is 57.6 Å². The van der Waals surface area contributed by atoms with Gasteiger partial charge in [0.05, 0.1) is 27.9 Å². The molecule has 0 unspecified atom stereocenters. The van der Waals surface area contributed by atoms with Crippen molar-refractivity contribution in [3.05, 3.63) is 204 Å². The van der Waals surface area contributed by atoms with E-state index in [0.29, 0.717) is 17.2 Å². The number of fused-ring (bicyclic) bond motifs is 7. The quantitative estimate of drug-likeness (QED) is 0.170. The Morgan fingerprint density at radius 3 is 1.91 bits per heavy atom. The standard InChI is InChI=1S/C52H37N5/c1-54-52(57-46-24-14-12-22-41(46)43-31-35(25-29-48(43)57)34-15-5-2-6-16-34)51-50(53)44-33-37(27-30-49(44)56(51)39-19-9-4-10-20-39)36-26-28-47-42(32-36)40-21-11-13-23-45(40)55(47)38-17-7-3-8-18-38/h2-24,26-28,30-33,53H,1,25,29H2/b52-51-,53-50?. The van der Waals surface area contributed by atoms with E-state index in [1.165, 1.54) is 44.1 Å². The molecule has 270 valence electrons. The Labute approximate surface area is 330 Å². The van der Waals surface area contributed by atoms with Gasteiger partial charge in [0, 0.05) is 44.4 Å². The van der Waals surface area contributed by atoms with Crippen LogP contribution in [-0.4, -0.2) is 21.6 Å². The number of aromatic nitrogens is 2. The molecule has 5 heteroatoms. The molecular formula is C52H37N5. The van der Waals surface area contributed by atoms with Crippen molar-refractivity contribution in [2.45, 2.75) is 12.8 Å². The molecule has 5 nitrogen and oxygen atoms in total. The second-order valence-electron chi connectivity index (χ2n) is 14.8. The van der Waals surface area contributed by atoms with Gasteiger partial charge in [0.25, 0.3) is 0 Å². The Morgan fingerprint density at radius 2 is 1.16 bits per heavy atom. The number of hydrogen-bond acceptors (Lipinski definition) is 3. The lowest BCUT2D eigenvalue weighted by Crippen LogP contribution is -2.19. The van der Waals surface area contributed by atoms with Crippen molar-refractivity contribution in [2.75, 3.05) is 4.90 Å². The van der Waals surface area contributed by atoms with Gasteiger partial charge in [-0.3, -0.25) is 9.98 Å². The highest BCUT2D eigenvalue weighted by molar-refractivity contribution is 6.25. The molecular weight excluding hydrogens is 695 g/mol. The number of aliphatic imine (C=N–C) groups is 1. The smallest absolute Gasteiger partial charge is 0.163 e. The Kier molecular flexibility index (Phi) is 7.54. The average molecular weight is 732 g/mol. The second-order valence-corrected chi connectivity index (χ2v) is 14.8. The molecule has 0 radical (unpaired) electrons. The number of para-hydroxylation sites is 4. The van der Waals surface area contributed by atoms with E-state index >= 15 is 0 Å². The zero-order valence-corrected chi connectivity index (χ0v) is 31.2. The third-order valence-corrected chi connectivity index (χ3v) is 11.7. The number of allylic oxidation sites excluding steroid dienone is 2. The van der Waals surface area contributed by atoms with Crippen molar-refractivity contribution >= 4 is 74.0 Å². The first-order chi connectivity index (χ1) is 28.2. The van der Waals surface area contributed by atoms with Gasteiger partial charge in [0.15, 0.2) is 5.82 Å². The van der Waals surface area contributed by atoms with Crippen LogP contribution in [0.1, 0.15) is 28.8 Å². The molecule has 0 bridgehead atoms. The van der Waals surface area contributed by atoms with Gasteiger partial charge in [-0.25, -0.2) is 4.99 Å². The summed E-state index contributed by atoms with van der Waals surface area (Å²) in [4.78, 5) is 7.01. The summed E-state index contributed by atoms with van der Waals surface area (Å²) in [5.41, 5.74) is 15.6. The molecule has 1 N–H and O–H groups in total. The van der Waals surface area contributed by atoms with Crippen LogP contribution < -0.4 is 4.90 Å². The molecule has 2 aliphatic rings. The summed E-state index contributed by atoms with van der Waals surface area (Å²) in [6.07, 6.45) is 4.10. The fourth-order valence-electron chi connectivity index (χ4n) is 9.13. The SMILES string of the molecule is C=N/C(=C1\C(=N)c2cc(-c3ccc4c(c3)c3ccccc3n4-c3ccccc3)ccc2N1c1ccccc1)n1c2c(c3ccccc31)C=C(c1ccccc1)CC2. The Balaban J connectivity index is 1.09. The largest absolute Gasteiger partial charge is 0.309 e. The lowest BCUT2D eigenvalue weighted by molar-refractivity contribution is 0.897. The van der Waals surface area contributed by atoms with Crippen molar-refractivity contribution in [3.8, 4) is 16.8 Å². The molecule has 0 amide bonds. The Morgan fingerprint density at radius 1 is 0.544 bits per heavy atom. The van der Waals surface area contributed by atoms with Gasteiger partial charge in [-0.2, -0.15) is 0 Å². The minimum absolute atomic E-state index is 0.419. The predicted octanol–water partition coefficient (Wildman–Crippen LogP) is 12.9. The molecule has 0 spiro atoms. The highest BCUT2D eigenvalue weighted by Crippen LogP contribution is 2.47. The molecule has 57 heavy (non-hydrogen) atoms. The van der Waals surface area contributed by atoms with E-state index < -0.39 is 0 Å². The number of nitrogens with zero attached hydrogens (tertiary/aromatic N) is 4. The number of rotatable bonds is 6. The normalized spacial score (nSPS) is 14.6. The van der Waals surface area contributed by atoms with Crippen LogP contribution in [0.4, 0.5) is 11.4 Å². The maximum Gasteiger partial charge on any atom is 0.163 e. The minimum Gasteiger partial charge on any atom is -0.309 e. The molecule has 9 aromatic rings. The van der Waals surface area contributed by atoms with E-state index in [1.807, 2.05) is 18.2 Å². The van der Waals surface area contributed by atoms with E-state index in [4.69, 9.17) is 4.99 Å². The van der Waals surface area contributed by atoms with Crippen molar-refractivity contribution in [2.24, 2.45) is 4.99 Å². The van der Waals surface area contributed by atoms with Crippen molar-refractivity contribution in [1.29, 1.82) is 5.41 Å². The van der Waals surface area contributed by atoms with Gasteiger partial charge < -0.3 is 9.47 Å². The molecule has 0 saturated carbocycles. The fourth-order valence-corrected chi connectivity index (χ4v) is 9.13. The molecule has 0 saturated heterocycles. The van der Waals surface area contributed by atoms with Crippen LogP contribution in [0.3, 0.4) is 0 Å². The highest BCUT2D eigenvalue weighted by atomic mass is 15.2. The number of anilines is 2. The number of nitrogens with one attached hydrogen (secondary N) is 1. The minimum atomic E-state index is 0.419. The number of benzene rings is 7. The summed E-state index contributed by atoms with van der Waals surface area (Å²) in [6.45, 7) is 4.18. The summed E-state index contributed by atoms with van der Waals surface area (Å²) in [7, 11) is 0. The maximum absolute atomic E-state index is 9.98. The van der Waals surface area contributed by atoms with Gasteiger partial charge in [-0.05, 0) is 109 Å². The maximum atomic E-state index is 9.98. The van der Waals surface area contributed by atoms with E-state index in [9.17, 15) is 5.41 Å². The summed E-state index contributed by atoms with van der Waals surface area (Å²) >= 11 is 0.